The van der Waals surface area contributed by atoms with Gasteiger partial charge in [0, 0.05) is 24.7 Å². The van der Waals surface area contributed by atoms with E-state index in [0.29, 0.717) is 28.7 Å². The molecular formula is C19H22Cl2N2O. The van der Waals surface area contributed by atoms with Crippen molar-refractivity contribution in [1.82, 2.24) is 4.90 Å². The predicted molar refractivity (Wildman–Crippen MR) is 101 cm³/mol. The molecule has 0 aromatic heterocycles. The van der Waals surface area contributed by atoms with Crippen molar-refractivity contribution in [2.24, 2.45) is 5.73 Å². The lowest BCUT2D eigenvalue weighted by Crippen LogP contribution is -2.37. The molecule has 0 bridgehead atoms. The summed E-state index contributed by atoms with van der Waals surface area (Å²) in [6.45, 7) is 6.92. The van der Waals surface area contributed by atoms with Crippen LogP contribution in [0.3, 0.4) is 0 Å². The monoisotopic (exact) mass is 364 g/mol. The normalized spacial score (nSPS) is 12.1. The van der Waals surface area contributed by atoms with Gasteiger partial charge in [-0.2, -0.15) is 0 Å². The molecule has 2 N–H and O–H groups in total. The Balaban J connectivity index is 2.18. The summed E-state index contributed by atoms with van der Waals surface area (Å²) < 4.78 is 0. The van der Waals surface area contributed by atoms with E-state index in [1.54, 1.807) is 17.0 Å². The summed E-state index contributed by atoms with van der Waals surface area (Å²) in [5, 5.41) is 0.958. The van der Waals surface area contributed by atoms with Crippen molar-refractivity contribution < 1.29 is 4.79 Å². The van der Waals surface area contributed by atoms with E-state index in [1.807, 2.05) is 39.0 Å². The first-order valence-corrected chi connectivity index (χ1v) is 8.65. The van der Waals surface area contributed by atoms with Crippen LogP contribution in [-0.4, -0.2) is 23.9 Å². The molecule has 3 nitrogen and oxygen atoms in total. The molecule has 0 saturated heterocycles. The third kappa shape index (κ3) is 4.50. The number of halogens is 2. The summed E-state index contributed by atoms with van der Waals surface area (Å²) in [7, 11) is 0. The molecule has 0 fully saturated rings. The number of aryl methyl sites for hydroxylation is 2. The highest BCUT2D eigenvalue weighted by Gasteiger charge is 2.19. The van der Waals surface area contributed by atoms with Crippen molar-refractivity contribution in [1.29, 1.82) is 0 Å². The molecule has 0 radical (unpaired) electrons. The van der Waals surface area contributed by atoms with Gasteiger partial charge in [-0.1, -0.05) is 46.5 Å². The molecule has 2 rings (SSSR count). The molecule has 0 aliphatic carbocycles. The number of nitrogens with two attached hydrogens (primary N) is 1. The quantitative estimate of drug-likeness (QED) is 0.829. The van der Waals surface area contributed by atoms with E-state index < -0.39 is 0 Å². The Morgan fingerprint density at radius 3 is 2.25 bits per heavy atom. The molecule has 2 aromatic carbocycles. The van der Waals surface area contributed by atoms with E-state index in [4.69, 9.17) is 28.9 Å². The van der Waals surface area contributed by atoms with Gasteiger partial charge >= 0.3 is 0 Å². The average Bonchev–Trinajstić information content (AvgIpc) is 2.53. The van der Waals surface area contributed by atoms with Crippen LogP contribution in [0.25, 0.3) is 0 Å². The Labute approximate surface area is 153 Å². The number of carbonyl (C=O) groups excluding carboxylic acids is 1. The maximum absolute atomic E-state index is 12.8. The highest BCUT2D eigenvalue weighted by Crippen LogP contribution is 2.25. The number of rotatable bonds is 5. The summed E-state index contributed by atoms with van der Waals surface area (Å²) in [4.78, 5) is 14.5. The zero-order chi connectivity index (χ0) is 17.9. The van der Waals surface area contributed by atoms with E-state index in [9.17, 15) is 4.79 Å². The second-order valence-corrected chi connectivity index (χ2v) is 6.81. The van der Waals surface area contributed by atoms with Gasteiger partial charge in [-0.25, -0.2) is 0 Å². The Kier molecular flexibility index (Phi) is 6.27. The number of hydrogen-bond donors (Lipinski definition) is 1. The standard InChI is InChI=1S/C19H22Cl2N2O/c1-4-23(19(24)15-8-12(2)7-13(3)9-15)11-18(22)14-5-6-16(20)17(21)10-14/h5-10,18H,4,11,22H2,1-3H3. The van der Waals surface area contributed by atoms with E-state index >= 15 is 0 Å². The molecule has 0 aliphatic rings. The summed E-state index contributed by atoms with van der Waals surface area (Å²) in [5.41, 5.74) is 9.96. The topological polar surface area (TPSA) is 46.3 Å². The fourth-order valence-corrected chi connectivity index (χ4v) is 3.03. The zero-order valence-corrected chi connectivity index (χ0v) is 15.7. The van der Waals surface area contributed by atoms with Gasteiger partial charge in [0.15, 0.2) is 0 Å². The van der Waals surface area contributed by atoms with Gasteiger partial charge in [0.05, 0.1) is 10.0 Å². The number of benzene rings is 2. The number of carbonyl (C=O) groups is 1. The van der Waals surface area contributed by atoms with Crippen LogP contribution in [0.1, 0.15) is 40.0 Å². The molecule has 128 valence electrons. The lowest BCUT2D eigenvalue weighted by Gasteiger charge is -2.25. The van der Waals surface area contributed by atoms with Gasteiger partial charge in [0.2, 0.25) is 0 Å². The molecular weight excluding hydrogens is 343 g/mol. The number of likely N-dealkylation sites (N-methyl/N-ethyl adjacent to an activating group) is 1. The number of nitrogens with zero attached hydrogens (tertiary/aromatic N) is 1. The number of hydrogen-bond acceptors (Lipinski definition) is 2. The molecule has 1 amide bonds. The van der Waals surface area contributed by atoms with Crippen molar-refractivity contribution in [3.8, 4) is 0 Å². The Hall–Kier alpha value is -1.55. The minimum Gasteiger partial charge on any atom is -0.337 e. The predicted octanol–water partition coefficient (Wildman–Crippen LogP) is 4.77. The first-order valence-electron chi connectivity index (χ1n) is 7.90. The van der Waals surface area contributed by atoms with Crippen molar-refractivity contribution in [2.75, 3.05) is 13.1 Å². The minimum absolute atomic E-state index is 0.0141. The van der Waals surface area contributed by atoms with Crippen molar-refractivity contribution in [3.05, 3.63) is 68.7 Å². The van der Waals surface area contributed by atoms with Crippen LogP contribution < -0.4 is 5.73 Å². The van der Waals surface area contributed by atoms with Gasteiger partial charge in [0.1, 0.15) is 0 Å². The van der Waals surface area contributed by atoms with Crippen molar-refractivity contribution in [3.63, 3.8) is 0 Å². The Bertz CT molecular complexity index is 726. The van der Waals surface area contributed by atoms with Crippen molar-refractivity contribution >= 4 is 29.1 Å². The summed E-state index contributed by atoms with van der Waals surface area (Å²) >= 11 is 12.0. The first-order chi connectivity index (χ1) is 11.3. The summed E-state index contributed by atoms with van der Waals surface area (Å²) in [6, 6.07) is 10.9. The Morgan fingerprint density at radius 1 is 1.08 bits per heavy atom. The maximum Gasteiger partial charge on any atom is 0.253 e. The molecule has 24 heavy (non-hydrogen) atoms. The van der Waals surface area contributed by atoms with Crippen LogP contribution in [0, 0.1) is 13.8 Å². The van der Waals surface area contributed by atoms with Gasteiger partial charge in [-0.3, -0.25) is 4.79 Å². The first kappa shape index (κ1) is 18.8. The second-order valence-electron chi connectivity index (χ2n) is 6.00. The molecule has 1 atom stereocenters. The minimum atomic E-state index is -0.324. The molecule has 5 heteroatoms. The van der Waals surface area contributed by atoms with Gasteiger partial charge < -0.3 is 10.6 Å². The van der Waals surface area contributed by atoms with Crippen LogP contribution in [0.4, 0.5) is 0 Å². The third-order valence-corrected chi connectivity index (χ3v) is 4.67. The fraction of sp³-hybridized carbons (Fsp3) is 0.316. The number of amides is 1. The fourth-order valence-electron chi connectivity index (χ4n) is 2.72. The van der Waals surface area contributed by atoms with Crippen molar-refractivity contribution in [2.45, 2.75) is 26.8 Å². The molecule has 0 saturated carbocycles. The molecule has 0 heterocycles. The largest absolute Gasteiger partial charge is 0.337 e. The smallest absolute Gasteiger partial charge is 0.253 e. The van der Waals surface area contributed by atoms with E-state index in [0.717, 1.165) is 16.7 Å². The highest BCUT2D eigenvalue weighted by atomic mass is 35.5. The van der Waals surface area contributed by atoms with E-state index in [2.05, 4.69) is 6.07 Å². The Morgan fingerprint density at radius 2 is 1.71 bits per heavy atom. The average molecular weight is 365 g/mol. The summed E-state index contributed by atoms with van der Waals surface area (Å²) in [6.07, 6.45) is 0. The van der Waals surface area contributed by atoms with Crippen LogP contribution >= 0.6 is 23.2 Å². The molecule has 1 unspecified atom stereocenters. The van der Waals surface area contributed by atoms with Gasteiger partial charge in [-0.05, 0) is 50.6 Å². The van der Waals surface area contributed by atoms with E-state index in [-0.39, 0.29) is 11.9 Å². The van der Waals surface area contributed by atoms with Crippen LogP contribution in [0.15, 0.2) is 36.4 Å². The van der Waals surface area contributed by atoms with Crippen LogP contribution in [-0.2, 0) is 0 Å². The zero-order valence-electron chi connectivity index (χ0n) is 14.1. The van der Waals surface area contributed by atoms with Crippen LogP contribution in [0.2, 0.25) is 10.0 Å². The molecule has 0 aliphatic heterocycles. The SMILES string of the molecule is CCN(CC(N)c1ccc(Cl)c(Cl)c1)C(=O)c1cc(C)cc(C)c1. The summed E-state index contributed by atoms with van der Waals surface area (Å²) in [5.74, 6) is -0.0141. The lowest BCUT2D eigenvalue weighted by atomic mass is 10.0. The van der Waals surface area contributed by atoms with Gasteiger partial charge in [-0.15, -0.1) is 0 Å². The lowest BCUT2D eigenvalue weighted by molar-refractivity contribution is 0.0754. The maximum atomic E-state index is 12.8. The van der Waals surface area contributed by atoms with Gasteiger partial charge in [0.25, 0.3) is 5.91 Å². The second kappa shape index (κ2) is 8.02. The molecule has 2 aromatic rings. The third-order valence-electron chi connectivity index (χ3n) is 3.93. The van der Waals surface area contributed by atoms with E-state index in [1.165, 1.54) is 0 Å². The highest BCUT2D eigenvalue weighted by molar-refractivity contribution is 6.42. The molecule has 0 spiro atoms. The van der Waals surface area contributed by atoms with Crippen LogP contribution in [0.5, 0.6) is 0 Å².